The van der Waals surface area contributed by atoms with Crippen LogP contribution in [0.4, 0.5) is 0 Å². The molecule has 1 aliphatic carbocycles. The predicted octanol–water partition coefficient (Wildman–Crippen LogP) is 5.03. The van der Waals surface area contributed by atoms with E-state index < -0.39 is 0 Å². The molecule has 0 radical (unpaired) electrons. The second kappa shape index (κ2) is 12.4. The average molecular weight is 510 g/mol. The molecule has 200 valence electrons. The van der Waals surface area contributed by atoms with Gasteiger partial charge in [-0.05, 0) is 77.0 Å². The minimum absolute atomic E-state index is 0.00476. The summed E-state index contributed by atoms with van der Waals surface area (Å²) >= 11 is 0. The number of benzene rings is 1. The first-order valence-corrected chi connectivity index (χ1v) is 13.4. The number of pyridine rings is 1. The number of esters is 1. The number of fused-ring (bicyclic) bond motifs is 1. The maximum absolute atomic E-state index is 12.7. The van der Waals surface area contributed by atoms with Crippen molar-refractivity contribution in [2.75, 3.05) is 20.3 Å². The molecular weight excluding hydrogens is 470 g/mol. The number of ether oxygens (including phenoxy) is 3. The van der Waals surface area contributed by atoms with Gasteiger partial charge < -0.3 is 23.3 Å². The molecule has 1 saturated carbocycles. The zero-order chi connectivity index (χ0) is 26.4. The molecule has 0 amide bonds. The summed E-state index contributed by atoms with van der Waals surface area (Å²) in [6.45, 7) is 5.72. The molecule has 1 aliphatic rings. The second-order valence-electron chi connectivity index (χ2n) is 9.97. The molecule has 4 rings (SSSR count). The number of imidazole rings is 1. The van der Waals surface area contributed by atoms with E-state index in [4.69, 9.17) is 19.2 Å². The molecule has 0 unspecified atom stereocenters. The van der Waals surface area contributed by atoms with Gasteiger partial charge in [-0.2, -0.15) is 0 Å². The van der Waals surface area contributed by atoms with Crippen LogP contribution in [0.3, 0.4) is 0 Å². The van der Waals surface area contributed by atoms with E-state index in [1.807, 2.05) is 37.4 Å². The van der Waals surface area contributed by atoms with E-state index >= 15 is 0 Å². The van der Waals surface area contributed by atoms with Crippen LogP contribution in [0.1, 0.15) is 57.4 Å². The molecule has 0 saturated heterocycles. The van der Waals surface area contributed by atoms with Gasteiger partial charge in [0, 0.05) is 50.7 Å². The molecule has 3 aromatic rings. The number of hydrogen-bond donors (Lipinski definition) is 0. The Morgan fingerprint density at radius 2 is 1.95 bits per heavy atom. The molecule has 0 aliphatic heterocycles. The van der Waals surface area contributed by atoms with E-state index in [0.717, 1.165) is 66.8 Å². The van der Waals surface area contributed by atoms with E-state index in [1.165, 1.54) is 0 Å². The lowest BCUT2D eigenvalue weighted by molar-refractivity contribution is -0.154. The molecular formula is C29H39N3O5. The summed E-state index contributed by atoms with van der Waals surface area (Å²) in [4.78, 5) is 29.7. The molecule has 2 heterocycles. The summed E-state index contributed by atoms with van der Waals surface area (Å²) in [6, 6.07) is 7.84. The molecule has 8 heteroatoms. The van der Waals surface area contributed by atoms with E-state index in [2.05, 4.69) is 11.5 Å². The van der Waals surface area contributed by atoms with Gasteiger partial charge in [-0.1, -0.05) is 0 Å². The van der Waals surface area contributed by atoms with Gasteiger partial charge in [-0.3, -0.25) is 9.59 Å². The van der Waals surface area contributed by atoms with E-state index in [0.29, 0.717) is 31.6 Å². The largest absolute Gasteiger partial charge is 0.494 e. The molecule has 0 N–H and O–H groups in total. The lowest BCUT2D eigenvalue weighted by Crippen LogP contribution is -2.24. The molecule has 1 atom stereocenters. The third kappa shape index (κ3) is 6.42. The minimum Gasteiger partial charge on any atom is -0.494 e. The number of aryl methyl sites for hydroxylation is 3. The summed E-state index contributed by atoms with van der Waals surface area (Å²) in [5.74, 6) is 1.31. The van der Waals surface area contributed by atoms with Crippen LogP contribution in [0.2, 0.25) is 0 Å². The zero-order valence-electron chi connectivity index (χ0n) is 22.5. The lowest BCUT2D eigenvalue weighted by atomic mass is 10.00. The fourth-order valence-electron chi connectivity index (χ4n) is 5.17. The number of carbonyl (C=O) groups is 1. The normalized spacial score (nSPS) is 14.8. The van der Waals surface area contributed by atoms with Gasteiger partial charge in [-0.15, -0.1) is 0 Å². The monoisotopic (exact) mass is 509 g/mol. The van der Waals surface area contributed by atoms with E-state index in [9.17, 15) is 9.59 Å². The Hall–Kier alpha value is -3.13. The highest BCUT2D eigenvalue weighted by Gasteiger charge is 2.25. The highest BCUT2D eigenvalue weighted by atomic mass is 16.5. The van der Waals surface area contributed by atoms with Crippen molar-refractivity contribution in [3.05, 3.63) is 46.4 Å². The average Bonchev–Trinajstić information content (AvgIpc) is 3.53. The van der Waals surface area contributed by atoms with Crippen molar-refractivity contribution in [2.45, 2.75) is 71.4 Å². The van der Waals surface area contributed by atoms with Crippen molar-refractivity contribution in [3.63, 3.8) is 0 Å². The fraction of sp³-hybridized carbons (Fsp3) is 0.552. The highest BCUT2D eigenvalue weighted by Crippen LogP contribution is 2.28. The topological polar surface area (TPSA) is 84.6 Å². The van der Waals surface area contributed by atoms with Crippen molar-refractivity contribution < 1.29 is 19.0 Å². The predicted molar refractivity (Wildman–Crippen MR) is 144 cm³/mol. The Labute approximate surface area is 218 Å². The quantitative estimate of drug-likeness (QED) is 0.252. The van der Waals surface area contributed by atoms with Gasteiger partial charge in [0.2, 0.25) is 0 Å². The summed E-state index contributed by atoms with van der Waals surface area (Å²) < 4.78 is 20.8. The fourth-order valence-corrected chi connectivity index (χ4v) is 5.17. The van der Waals surface area contributed by atoms with Crippen molar-refractivity contribution in [1.82, 2.24) is 14.1 Å². The van der Waals surface area contributed by atoms with Gasteiger partial charge in [0.25, 0.3) is 5.56 Å². The third-order valence-electron chi connectivity index (χ3n) is 7.21. The number of rotatable bonds is 12. The molecule has 0 spiro atoms. The number of aromatic nitrogens is 3. The number of methoxy groups -OCH3 is 1. The maximum atomic E-state index is 12.7. The summed E-state index contributed by atoms with van der Waals surface area (Å²) in [6.07, 6.45) is 8.27. The van der Waals surface area contributed by atoms with Crippen LogP contribution in [0.15, 0.2) is 35.3 Å². The Kier molecular flexibility index (Phi) is 9.03. The Morgan fingerprint density at radius 1 is 1.16 bits per heavy atom. The number of nitrogens with zero attached hydrogens (tertiary/aromatic N) is 3. The van der Waals surface area contributed by atoms with Gasteiger partial charge in [-0.25, -0.2) is 4.98 Å². The van der Waals surface area contributed by atoms with Gasteiger partial charge in [0.15, 0.2) is 0 Å². The number of hydrogen-bond acceptors (Lipinski definition) is 6. The first-order chi connectivity index (χ1) is 17.9. The van der Waals surface area contributed by atoms with Crippen molar-refractivity contribution in [2.24, 2.45) is 13.0 Å². The van der Waals surface area contributed by atoms with Crippen LogP contribution >= 0.6 is 0 Å². The lowest BCUT2D eigenvalue weighted by Gasteiger charge is -2.19. The van der Waals surface area contributed by atoms with Crippen LogP contribution in [-0.2, 0) is 27.9 Å². The van der Waals surface area contributed by atoms with Gasteiger partial charge in [0.1, 0.15) is 17.7 Å². The molecule has 0 bridgehead atoms. The van der Waals surface area contributed by atoms with Crippen molar-refractivity contribution in [3.8, 4) is 17.1 Å². The standard InChI is InChI=1S/C29H39N3O5/c1-5-32-26-13-12-24(18-25(26)30-27(32)22-17-20(2)28(33)31(3)19-22)36-15-8-9-21(14-16-35-4)29(34)37-23-10-6-7-11-23/h12-13,17-19,21,23H,5-11,14-16H2,1-4H3/t21-/m0/s1. The van der Waals surface area contributed by atoms with Crippen LogP contribution < -0.4 is 10.3 Å². The van der Waals surface area contributed by atoms with Crippen LogP contribution in [-0.4, -0.2) is 46.5 Å². The Morgan fingerprint density at radius 3 is 2.65 bits per heavy atom. The second-order valence-corrected chi connectivity index (χ2v) is 9.97. The van der Waals surface area contributed by atoms with Crippen LogP contribution in [0.25, 0.3) is 22.4 Å². The molecule has 8 nitrogen and oxygen atoms in total. The molecule has 37 heavy (non-hydrogen) atoms. The molecule has 1 aromatic carbocycles. The van der Waals surface area contributed by atoms with Gasteiger partial charge in [0.05, 0.1) is 23.6 Å². The van der Waals surface area contributed by atoms with E-state index in [-0.39, 0.29) is 23.6 Å². The van der Waals surface area contributed by atoms with Crippen LogP contribution in [0.5, 0.6) is 5.75 Å². The maximum Gasteiger partial charge on any atom is 0.309 e. The first-order valence-electron chi connectivity index (χ1n) is 13.4. The molecule has 1 fully saturated rings. The van der Waals surface area contributed by atoms with E-state index in [1.54, 1.807) is 18.7 Å². The van der Waals surface area contributed by atoms with Crippen molar-refractivity contribution >= 4 is 17.0 Å². The summed E-state index contributed by atoms with van der Waals surface area (Å²) in [7, 11) is 3.42. The Bertz CT molecular complexity index is 1250. The van der Waals surface area contributed by atoms with Crippen LogP contribution in [0, 0.1) is 12.8 Å². The zero-order valence-corrected chi connectivity index (χ0v) is 22.5. The minimum atomic E-state index is -0.167. The third-order valence-corrected chi connectivity index (χ3v) is 7.21. The number of carbonyl (C=O) groups excluding carboxylic acids is 1. The van der Waals surface area contributed by atoms with Crippen molar-refractivity contribution in [1.29, 1.82) is 0 Å². The molecule has 2 aromatic heterocycles. The Balaban J connectivity index is 1.40. The summed E-state index contributed by atoms with van der Waals surface area (Å²) in [5.41, 5.74) is 3.46. The first kappa shape index (κ1) is 26.9. The smallest absolute Gasteiger partial charge is 0.309 e. The van der Waals surface area contributed by atoms with Gasteiger partial charge >= 0.3 is 5.97 Å². The highest BCUT2D eigenvalue weighted by molar-refractivity contribution is 5.82. The summed E-state index contributed by atoms with van der Waals surface area (Å²) in [5, 5.41) is 0. The SMILES string of the molecule is CCn1c(-c2cc(C)c(=O)n(C)c2)nc2cc(OCCC[C@@H](CCOC)C(=O)OC3CCCC3)ccc21.